The van der Waals surface area contributed by atoms with Gasteiger partial charge in [0.2, 0.25) is 5.91 Å². The molecule has 35 heavy (non-hydrogen) atoms. The van der Waals surface area contributed by atoms with Crippen LogP contribution in [0.2, 0.25) is 0 Å². The first kappa shape index (κ1) is 24.2. The molecule has 0 aliphatic rings. The van der Waals surface area contributed by atoms with Gasteiger partial charge in [-0.2, -0.15) is 0 Å². The molecule has 1 atom stereocenters. The number of aryl methyl sites for hydroxylation is 3. The minimum atomic E-state index is -1.02. The minimum Gasteiger partial charge on any atom is -0.464 e. The number of nitrogens with zero attached hydrogens (tertiary/aromatic N) is 4. The van der Waals surface area contributed by atoms with Crippen LogP contribution in [0.15, 0.2) is 59.0 Å². The van der Waals surface area contributed by atoms with Crippen molar-refractivity contribution in [3.05, 3.63) is 77.2 Å². The van der Waals surface area contributed by atoms with Gasteiger partial charge >= 0.3 is 0 Å². The number of aromatic nitrogens is 3. The van der Waals surface area contributed by atoms with Gasteiger partial charge in [-0.3, -0.25) is 14.5 Å². The highest BCUT2D eigenvalue weighted by Gasteiger charge is 2.35. The Labute approximate surface area is 203 Å². The van der Waals surface area contributed by atoms with Crippen molar-refractivity contribution in [2.75, 3.05) is 25.2 Å². The predicted octanol–water partition coefficient (Wildman–Crippen LogP) is 3.49. The third-order valence-electron chi connectivity index (χ3n) is 5.89. The lowest BCUT2D eigenvalue weighted by molar-refractivity contribution is -0.127. The van der Waals surface area contributed by atoms with Crippen molar-refractivity contribution < 1.29 is 18.7 Å². The first-order chi connectivity index (χ1) is 16.9. The molecule has 0 saturated heterocycles. The summed E-state index contributed by atoms with van der Waals surface area (Å²) in [7, 11) is 1.56. The summed E-state index contributed by atoms with van der Waals surface area (Å²) in [5.41, 5.74) is 4.09. The van der Waals surface area contributed by atoms with Crippen molar-refractivity contribution in [3.63, 3.8) is 0 Å². The maximum atomic E-state index is 13.9. The van der Waals surface area contributed by atoms with E-state index >= 15 is 0 Å². The fourth-order valence-corrected chi connectivity index (χ4v) is 3.90. The molecular weight excluding hydrogens is 446 g/mol. The first-order valence-corrected chi connectivity index (χ1v) is 11.4. The summed E-state index contributed by atoms with van der Waals surface area (Å²) in [5, 5.41) is 11.2. The number of nitrogens with one attached hydrogen (secondary N) is 1. The molecule has 0 radical (unpaired) electrons. The molecular formula is C26H29N5O4. The van der Waals surface area contributed by atoms with Gasteiger partial charge < -0.3 is 14.5 Å². The summed E-state index contributed by atoms with van der Waals surface area (Å²) < 4.78 is 12.5. The number of fused-ring (bicyclic) bond motifs is 1. The Bertz CT molecular complexity index is 1340. The van der Waals surface area contributed by atoms with E-state index in [4.69, 9.17) is 9.15 Å². The van der Waals surface area contributed by atoms with Crippen LogP contribution in [0.1, 0.15) is 28.7 Å². The normalized spacial score (nSPS) is 12.0. The molecule has 4 aromatic rings. The zero-order valence-electron chi connectivity index (χ0n) is 20.3. The highest BCUT2D eigenvalue weighted by molar-refractivity contribution is 6.01. The maximum absolute atomic E-state index is 13.9. The largest absolute Gasteiger partial charge is 0.464 e. The van der Waals surface area contributed by atoms with Crippen LogP contribution in [0.3, 0.4) is 0 Å². The van der Waals surface area contributed by atoms with Crippen LogP contribution < -0.4 is 10.2 Å². The molecule has 2 amide bonds. The Morgan fingerprint density at radius 2 is 1.89 bits per heavy atom. The number of amides is 2. The summed E-state index contributed by atoms with van der Waals surface area (Å²) in [5.74, 6) is 0.313. The predicted molar refractivity (Wildman–Crippen MR) is 132 cm³/mol. The lowest BCUT2D eigenvalue weighted by atomic mass is 10.1. The molecule has 0 fully saturated rings. The molecule has 2 heterocycles. The summed E-state index contributed by atoms with van der Waals surface area (Å²) in [6, 6.07) is 15.6. The van der Waals surface area contributed by atoms with Crippen LogP contribution in [0.4, 0.5) is 5.69 Å². The van der Waals surface area contributed by atoms with Crippen molar-refractivity contribution >= 4 is 28.5 Å². The average Bonchev–Trinajstić information content (AvgIpc) is 3.45. The number of hydrogen-bond donors (Lipinski definition) is 1. The van der Waals surface area contributed by atoms with Crippen LogP contribution in [0.25, 0.3) is 11.0 Å². The Morgan fingerprint density at radius 1 is 1.09 bits per heavy atom. The van der Waals surface area contributed by atoms with E-state index in [0.29, 0.717) is 35.9 Å². The van der Waals surface area contributed by atoms with Crippen LogP contribution in [-0.2, 0) is 20.9 Å². The molecule has 1 N–H and O–H groups in total. The number of carbonyl (C=O) groups excluding carboxylic acids is 2. The van der Waals surface area contributed by atoms with Crippen molar-refractivity contribution in [1.82, 2.24) is 20.3 Å². The molecule has 9 heteroatoms. The molecule has 2 aromatic heterocycles. The fraction of sp³-hybridized carbons (Fsp3) is 0.308. The number of para-hydroxylation sites is 1. The Kier molecular flexibility index (Phi) is 7.26. The molecule has 0 saturated carbocycles. The van der Waals surface area contributed by atoms with Crippen LogP contribution in [0.5, 0.6) is 0 Å². The van der Waals surface area contributed by atoms with Gasteiger partial charge in [-0.1, -0.05) is 23.4 Å². The molecule has 4 rings (SSSR count). The lowest BCUT2D eigenvalue weighted by Gasteiger charge is -2.30. The molecule has 0 bridgehead atoms. The van der Waals surface area contributed by atoms with E-state index in [-0.39, 0.29) is 18.4 Å². The summed E-state index contributed by atoms with van der Waals surface area (Å²) >= 11 is 0. The van der Waals surface area contributed by atoms with Gasteiger partial charge in [0.15, 0.2) is 6.04 Å². The van der Waals surface area contributed by atoms with Gasteiger partial charge in [-0.05, 0) is 68.3 Å². The highest BCUT2D eigenvalue weighted by Crippen LogP contribution is 2.31. The standard InChI is InChI=1S/C26H29N5O4/c1-17-9-11-20(15-18(17)2)31(24(32)16-30-22-8-6-5-7-21(22)28-29-30)25(23-12-10-19(3)35-23)26(33)27-13-14-34-4/h5-12,15,25H,13-14,16H2,1-4H3,(H,27,33)/t25-/m1/s1. The average molecular weight is 476 g/mol. The molecule has 0 aliphatic heterocycles. The van der Waals surface area contributed by atoms with Gasteiger partial charge in [0.05, 0.1) is 12.1 Å². The fourth-order valence-electron chi connectivity index (χ4n) is 3.90. The van der Waals surface area contributed by atoms with E-state index in [0.717, 1.165) is 16.6 Å². The van der Waals surface area contributed by atoms with Crippen LogP contribution >= 0.6 is 0 Å². The smallest absolute Gasteiger partial charge is 0.251 e. The Morgan fingerprint density at radius 3 is 2.60 bits per heavy atom. The summed E-state index contributed by atoms with van der Waals surface area (Å²) in [6.07, 6.45) is 0. The topological polar surface area (TPSA) is 102 Å². The second kappa shape index (κ2) is 10.5. The van der Waals surface area contributed by atoms with E-state index in [1.807, 2.05) is 56.3 Å². The zero-order valence-corrected chi connectivity index (χ0v) is 20.3. The van der Waals surface area contributed by atoms with E-state index in [1.165, 1.54) is 4.90 Å². The highest BCUT2D eigenvalue weighted by atomic mass is 16.5. The van der Waals surface area contributed by atoms with Crippen molar-refractivity contribution in [2.24, 2.45) is 0 Å². The van der Waals surface area contributed by atoms with E-state index < -0.39 is 6.04 Å². The first-order valence-electron chi connectivity index (χ1n) is 11.4. The van der Waals surface area contributed by atoms with Gasteiger partial charge in [-0.15, -0.1) is 5.10 Å². The van der Waals surface area contributed by atoms with Crippen molar-refractivity contribution in [3.8, 4) is 0 Å². The number of methoxy groups -OCH3 is 1. The zero-order chi connectivity index (χ0) is 24.9. The monoisotopic (exact) mass is 475 g/mol. The third-order valence-corrected chi connectivity index (χ3v) is 5.89. The molecule has 2 aromatic carbocycles. The van der Waals surface area contributed by atoms with Crippen LogP contribution in [0, 0.1) is 20.8 Å². The molecule has 0 aliphatic carbocycles. The molecule has 0 unspecified atom stereocenters. The second-order valence-corrected chi connectivity index (χ2v) is 8.40. The third kappa shape index (κ3) is 5.25. The number of furan rings is 1. The lowest BCUT2D eigenvalue weighted by Crippen LogP contribution is -2.45. The van der Waals surface area contributed by atoms with Crippen molar-refractivity contribution in [1.29, 1.82) is 0 Å². The molecule has 9 nitrogen and oxygen atoms in total. The number of ether oxygens (including phenoxy) is 1. The Hall–Kier alpha value is -3.98. The second-order valence-electron chi connectivity index (χ2n) is 8.40. The number of carbonyl (C=O) groups is 2. The maximum Gasteiger partial charge on any atom is 0.251 e. The van der Waals surface area contributed by atoms with E-state index in [2.05, 4.69) is 15.6 Å². The SMILES string of the molecule is COCCNC(=O)[C@@H](c1ccc(C)o1)N(C(=O)Cn1nnc2ccccc21)c1ccc(C)c(C)c1. The summed E-state index contributed by atoms with van der Waals surface area (Å²) in [6.45, 7) is 6.31. The molecule has 0 spiro atoms. The number of hydrogen-bond acceptors (Lipinski definition) is 6. The summed E-state index contributed by atoms with van der Waals surface area (Å²) in [4.78, 5) is 28.8. The number of benzene rings is 2. The molecule has 182 valence electrons. The van der Waals surface area contributed by atoms with Gasteiger partial charge in [-0.25, -0.2) is 4.68 Å². The number of rotatable bonds is 9. The number of anilines is 1. The van der Waals surface area contributed by atoms with Gasteiger partial charge in [0.25, 0.3) is 5.91 Å². The van der Waals surface area contributed by atoms with Crippen LogP contribution in [-0.4, -0.2) is 47.1 Å². The van der Waals surface area contributed by atoms with Gasteiger partial charge in [0, 0.05) is 19.3 Å². The van der Waals surface area contributed by atoms with E-state index in [1.54, 1.807) is 30.8 Å². The Balaban J connectivity index is 1.78. The van der Waals surface area contributed by atoms with Gasteiger partial charge in [0.1, 0.15) is 23.6 Å². The minimum absolute atomic E-state index is 0.102. The van der Waals surface area contributed by atoms with Crippen molar-refractivity contribution in [2.45, 2.75) is 33.4 Å². The van der Waals surface area contributed by atoms with E-state index in [9.17, 15) is 9.59 Å². The quantitative estimate of drug-likeness (QED) is 0.372.